The molecular formula is C22H21FN4O. The first-order valence-electron chi connectivity index (χ1n) is 9.81. The summed E-state index contributed by atoms with van der Waals surface area (Å²) in [4.78, 5) is 12.6. The van der Waals surface area contributed by atoms with Crippen LogP contribution in [0.4, 0.5) is 10.3 Å². The smallest absolute Gasteiger partial charge is 0.220 e. The van der Waals surface area contributed by atoms with Gasteiger partial charge in [0.2, 0.25) is 5.95 Å². The fourth-order valence-electron chi connectivity index (χ4n) is 4.18. The van der Waals surface area contributed by atoms with Crippen molar-refractivity contribution in [2.45, 2.75) is 56.5 Å². The zero-order valence-corrected chi connectivity index (χ0v) is 15.5. The summed E-state index contributed by atoms with van der Waals surface area (Å²) in [6.45, 7) is 0. The minimum Gasteiger partial charge on any atom is -0.378 e. The zero-order valence-electron chi connectivity index (χ0n) is 15.5. The van der Waals surface area contributed by atoms with Crippen LogP contribution in [0.5, 0.6) is 0 Å². The van der Waals surface area contributed by atoms with Gasteiger partial charge in [0.1, 0.15) is 17.0 Å². The number of fused-ring (bicyclic) bond motifs is 1. The van der Waals surface area contributed by atoms with Gasteiger partial charge in [0.05, 0.1) is 6.20 Å². The van der Waals surface area contributed by atoms with E-state index in [1.165, 1.54) is 0 Å². The molecule has 0 aromatic carbocycles. The SMILES string of the molecule is Nc1ncc(F)c(C2=CCc3c2cc(C#CC2(O)CCCC2)nc3C2CC2)n1. The zero-order chi connectivity index (χ0) is 19.3. The summed E-state index contributed by atoms with van der Waals surface area (Å²) < 4.78 is 14.4. The fourth-order valence-corrected chi connectivity index (χ4v) is 4.18. The number of halogens is 1. The van der Waals surface area contributed by atoms with Crippen molar-refractivity contribution in [3.8, 4) is 11.8 Å². The maximum Gasteiger partial charge on any atom is 0.220 e. The third kappa shape index (κ3) is 3.06. The van der Waals surface area contributed by atoms with Crippen molar-refractivity contribution in [1.29, 1.82) is 0 Å². The fraction of sp³-hybridized carbons (Fsp3) is 0.409. The van der Waals surface area contributed by atoms with E-state index in [1.807, 2.05) is 12.1 Å². The lowest BCUT2D eigenvalue weighted by atomic mass is 9.98. The molecule has 0 aliphatic heterocycles. The molecule has 2 saturated carbocycles. The Labute approximate surface area is 162 Å². The van der Waals surface area contributed by atoms with Crippen LogP contribution in [-0.2, 0) is 6.42 Å². The van der Waals surface area contributed by atoms with Crippen LogP contribution in [0, 0.1) is 17.7 Å². The summed E-state index contributed by atoms with van der Waals surface area (Å²) >= 11 is 0. The Morgan fingerprint density at radius 2 is 2.00 bits per heavy atom. The van der Waals surface area contributed by atoms with Crippen LogP contribution < -0.4 is 5.73 Å². The molecule has 5 nitrogen and oxygen atoms in total. The van der Waals surface area contributed by atoms with Crippen molar-refractivity contribution >= 4 is 11.5 Å². The Bertz CT molecular complexity index is 1060. The standard InChI is InChI=1S/C22H21FN4O/c23-18-12-25-21(24)27-20(18)16-6-5-15-17(16)11-14(26-19(15)13-3-4-13)7-10-22(28)8-1-2-9-22/h6,11-13,28H,1-5,8-9H2,(H2,24,25,27). The van der Waals surface area contributed by atoms with E-state index < -0.39 is 11.4 Å². The minimum absolute atomic E-state index is 0.0469. The average Bonchev–Trinajstić information content (AvgIpc) is 3.31. The minimum atomic E-state index is -0.910. The van der Waals surface area contributed by atoms with Gasteiger partial charge in [-0.25, -0.2) is 19.3 Å². The third-order valence-corrected chi connectivity index (χ3v) is 5.79. The molecule has 2 heterocycles. The van der Waals surface area contributed by atoms with Crippen LogP contribution in [0.15, 0.2) is 18.3 Å². The van der Waals surface area contributed by atoms with Crippen molar-refractivity contribution in [2.75, 3.05) is 5.73 Å². The van der Waals surface area contributed by atoms with Crippen LogP contribution in [0.1, 0.15) is 72.7 Å². The molecule has 3 N–H and O–H groups in total. The van der Waals surface area contributed by atoms with Crippen molar-refractivity contribution < 1.29 is 9.50 Å². The maximum absolute atomic E-state index is 14.4. The van der Waals surface area contributed by atoms with Gasteiger partial charge in [-0.05, 0) is 68.1 Å². The van der Waals surface area contributed by atoms with Crippen molar-refractivity contribution in [2.24, 2.45) is 0 Å². The highest BCUT2D eigenvalue weighted by atomic mass is 19.1. The van der Waals surface area contributed by atoms with Gasteiger partial charge in [0.25, 0.3) is 0 Å². The molecule has 3 aliphatic rings. The molecular weight excluding hydrogens is 355 g/mol. The van der Waals surface area contributed by atoms with Crippen LogP contribution in [0.3, 0.4) is 0 Å². The number of hydrogen-bond acceptors (Lipinski definition) is 5. The number of pyridine rings is 1. The number of aliphatic hydroxyl groups is 1. The number of rotatable bonds is 2. The van der Waals surface area contributed by atoms with E-state index in [2.05, 4.69) is 21.8 Å². The van der Waals surface area contributed by atoms with E-state index in [1.54, 1.807) is 0 Å². The number of nitrogen functional groups attached to an aromatic ring is 1. The van der Waals surface area contributed by atoms with Crippen molar-refractivity contribution in [1.82, 2.24) is 15.0 Å². The van der Waals surface area contributed by atoms with Gasteiger partial charge in [-0.1, -0.05) is 12.0 Å². The first-order valence-corrected chi connectivity index (χ1v) is 9.81. The van der Waals surface area contributed by atoms with Gasteiger partial charge < -0.3 is 10.8 Å². The van der Waals surface area contributed by atoms with Crippen LogP contribution in [-0.4, -0.2) is 25.7 Å². The lowest BCUT2D eigenvalue weighted by molar-refractivity contribution is 0.110. The number of aromatic nitrogens is 3. The van der Waals surface area contributed by atoms with Gasteiger partial charge in [-0.2, -0.15) is 0 Å². The molecule has 3 aliphatic carbocycles. The van der Waals surface area contributed by atoms with Gasteiger partial charge in [-0.3, -0.25) is 0 Å². The molecule has 2 fully saturated rings. The van der Waals surface area contributed by atoms with Crippen LogP contribution in [0.2, 0.25) is 0 Å². The number of anilines is 1. The second-order valence-corrected chi connectivity index (χ2v) is 7.93. The second-order valence-electron chi connectivity index (χ2n) is 7.93. The summed E-state index contributed by atoms with van der Waals surface area (Å²) in [5.74, 6) is 6.11. The average molecular weight is 376 g/mol. The van der Waals surface area contributed by atoms with E-state index in [0.717, 1.165) is 48.7 Å². The van der Waals surface area contributed by atoms with Crippen molar-refractivity contribution in [3.05, 3.63) is 52.4 Å². The molecule has 2 aromatic heterocycles. The Hall–Kier alpha value is -2.78. The number of nitrogens with two attached hydrogens (primary N) is 1. The molecule has 0 spiro atoms. The molecule has 0 amide bonds. The molecule has 0 bridgehead atoms. The van der Waals surface area contributed by atoms with Gasteiger partial charge >= 0.3 is 0 Å². The molecule has 142 valence electrons. The summed E-state index contributed by atoms with van der Waals surface area (Å²) in [5.41, 5.74) is 9.42. The van der Waals surface area contributed by atoms with E-state index in [4.69, 9.17) is 10.7 Å². The number of nitrogens with zero attached hydrogens (tertiary/aromatic N) is 3. The predicted molar refractivity (Wildman–Crippen MR) is 104 cm³/mol. The highest BCUT2D eigenvalue weighted by molar-refractivity contribution is 5.84. The summed E-state index contributed by atoms with van der Waals surface area (Å²) in [7, 11) is 0. The van der Waals surface area contributed by atoms with Gasteiger partial charge in [0.15, 0.2) is 5.82 Å². The summed E-state index contributed by atoms with van der Waals surface area (Å²) in [6.07, 6.45) is 9.42. The molecule has 6 heteroatoms. The Morgan fingerprint density at radius 3 is 2.75 bits per heavy atom. The van der Waals surface area contributed by atoms with Gasteiger partial charge in [0, 0.05) is 17.2 Å². The largest absolute Gasteiger partial charge is 0.378 e. The number of hydrogen-bond donors (Lipinski definition) is 2. The predicted octanol–water partition coefficient (Wildman–Crippen LogP) is 3.11. The normalized spacial score (nSPS) is 19.7. The lowest BCUT2D eigenvalue weighted by Crippen LogP contribution is -2.20. The quantitative estimate of drug-likeness (QED) is 0.787. The van der Waals surface area contributed by atoms with E-state index in [-0.39, 0.29) is 11.6 Å². The first-order chi connectivity index (χ1) is 13.5. The maximum atomic E-state index is 14.4. The molecule has 5 rings (SSSR count). The molecule has 28 heavy (non-hydrogen) atoms. The Balaban J connectivity index is 1.60. The highest BCUT2D eigenvalue weighted by Crippen LogP contribution is 2.45. The third-order valence-electron chi connectivity index (χ3n) is 5.79. The Kier molecular flexibility index (Phi) is 3.95. The van der Waals surface area contributed by atoms with Gasteiger partial charge in [-0.15, -0.1) is 0 Å². The monoisotopic (exact) mass is 376 g/mol. The molecule has 2 aromatic rings. The molecule has 0 saturated heterocycles. The summed E-state index contributed by atoms with van der Waals surface area (Å²) in [6, 6.07) is 1.89. The lowest BCUT2D eigenvalue weighted by Gasteiger charge is -2.14. The Morgan fingerprint density at radius 1 is 1.21 bits per heavy atom. The second kappa shape index (κ2) is 6.39. The summed E-state index contributed by atoms with van der Waals surface area (Å²) in [5, 5.41) is 10.5. The topological polar surface area (TPSA) is 84.9 Å². The molecule has 0 atom stereocenters. The van der Waals surface area contributed by atoms with Crippen LogP contribution >= 0.6 is 0 Å². The van der Waals surface area contributed by atoms with E-state index in [0.29, 0.717) is 36.4 Å². The first kappa shape index (κ1) is 17.3. The van der Waals surface area contributed by atoms with E-state index in [9.17, 15) is 9.50 Å². The number of allylic oxidation sites excluding steroid dienone is 1. The molecule has 0 unspecified atom stereocenters. The van der Waals surface area contributed by atoms with E-state index >= 15 is 0 Å². The van der Waals surface area contributed by atoms with Crippen LogP contribution in [0.25, 0.3) is 5.57 Å². The molecule has 0 radical (unpaired) electrons. The van der Waals surface area contributed by atoms with Crippen molar-refractivity contribution in [3.63, 3.8) is 0 Å². The highest BCUT2D eigenvalue weighted by Gasteiger charge is 2.33.